The largest absolute Gasteiger partial charge is 0.337 e. The van der Waals surface area contributed by atoms with Gasteiger partial charge in [0.2, 0.25) is 0 Å². The number of hydrogen-bond acceptors (Lipinski definition) is 5. The number of halogens is 1. The minimum Gasteiger partial charge on any atom is -0.337 e. The Hall–Kier alpha value is -3.07. The molecule has 0 aliphatic carbocycles. The van der Waals surface area contributed by atoms with Crippen LogP contribution >= 0.6 is 11.3 Å². The lowest BCUT2D eigenvalue weighted by atomic mass is 9.97. The van der Waals surface area contributed by atoms with Crippen LogP contribution in [0.25, 0.3) is 10.2 Å². The zero-order valence-corrected chi connectivity index (χ0v) is 20.7. The lowest BCUT2D eigenvalue weighted by molar-refractivity contribution is 0.0708. The SMILES string of the molecule is Cc1nn(Cc2ccc(F)cc2)c2sc(C(=O)N3CCCC(c4nnc5n4CCCCC5)C3)cc12. The summed E-state index contributed by atoms with van der Waals surface area (Å²) in [5.74, 6) is 2.23. The molecular formula is C26H29FN6OS. The number of rotatable bonds is 4. The van der Waals surface area contributed by atoms with Crippen LogP contribution < -0.4 is 0 Å². The minimum absolute atomic E-state index is 0.0826. The zero-order chi connectivity index (χ0) is 23.9. The Balaban J connectivity index is 1.23. The van der Waals surface area contributed by atoms with Gasteiger partial charge in [-0.1, -0.05) is 18.6 Å². The fourth-order valence-electron chi connectivity index (χ4n) is 5.43. The predicted molar refractivity (Wildman–Crippen MR) is 133 cm³/mol. The number of piperidine rings is 1. The highest BCUT2D eigenvalue weighted by Crippen LogP contribution is 2.33. The number of carbonyl (C=O) groups excluding carboxylic acids is 1. The molecule has 1 amide bonds. The molecule has 0 radical (unpaired) electrons. The number of benzene rings is 1. The Kier molecular flexibility index (Phi) is 5.88. The van der Waals surface area contributed by atoms with E-state index in [1.165, 1.54) is 42.7 Å². The third-order valence-corrected chi connectivity index (χ3v) is 8.41. The molecule has 1 fully saturated rings. The summed E-state index contributed by atoms with van der Waals surface area (Å²) >= 11 is 1.50. The topological polar surface area (TPSA) is 68.8 Å². The average Bonchev–Trinajstić information content (AvgIpc) is 3.51. The number of likely N-dealkylation sites (tertiary alicyclic amines) is 1. The van der Waals surface area contributed by atoms with Crippen molar-refractivity contribution in [1.82, 2.24) is 29.4 Å². The van der Waals surface area contributed by atoms with Gasteiger partial charge in [-0.05, 0) is 56.4 Å². The number of fused-ring (bicyclic) bond motifs is 2. The predicted octanol–water partition coefficient (Wildman–Crippen LogP) is 4.93. The lowest BCUT2D eigenvalue weighted by Gasteiger charge is -2.32. The second kappa shape index (κ2) is 9.18. The quantitative estimate of drug-likeness (QED) is 0.405. The van der Waals surface area contributed by atoms with Crippen molar-refractivity contribution < 1.29 is 9.18 Å². The van der Waals surface area contributed by atoms with Gasteiger partial charge >= 0.3 is 0 Å². The summed E-state index contributed by atoms with van der Waals surface area (Å²) in [5, 5.41) is 14.7. The Morgan fingerprint density at radius 1 is 1.11 bits per heavy atom. The van der Waals surface area contributed by atoms with Crippen molar-refractivity contribution in [2.75, 3.05) is 13.1 Å². The maximum absolute atomic E-state index is 13.6. The molecule has 5 heterocycles. The van der Waals surface area contributed by atoms with Crippen molar-refractivity contribution in [3.8, 4) is 0 Å². The maximum atomic E-state index is 13.6. The highest BCUT2D eigenvalue weighted by molar-refractivity contribution is 7.20. The van der Waals surface area contributed by atoms with Crippen LogP contribution in [0.5, 0.6) is 0 Å². The van der Waals surface area contributed by atoms with Crippen molar-refractivity contribution in [2.45, 2.75) is 64.5 Å². The normalized spacial score (nSPS) is 18.6. The highest BCUT2D eigenvalue weighted by atomic mass is 32.1. The third kappa shape index (κ3) is 4.26. The summed E-state index contributed by atoms with van der Waals surface area (Å²) in [6.45, 7) is 4.96. The number of aryl methyl sites for hydroxylation is 2. The molecule has 35 heavy (non-hydrogen) atoms. The first-order chi connectivity index (χ1) is 17.1. The molecule has 1 aromatic carbocycles. The van der Waals surface area contributed by atoms with E-state index in [0.29, 0.717) is 13.1 Å². The summed E-state index contributed by atoms with van der Waals surface area (Å²) in [5.41, 5.74) is 1.88. The number of thiophene rings is 1. The maximum Gasteiger partial charge on any atom is 0.264 e. The summed E-state index contributed by atoms with van der Waals surface area (Å²) < 4.78 is 17.5. The van der Waals surface area contributed by atoms with Gasteiger partial charge in [-0.2, -0.15) is 5.10 Å². The van der Waals surface area contributed by atoms with E-state index in [2.05, 4.69) is 19.9 Å². The van der Waals surface area contributed by atoms with E-state index < -0.39 is 0 Å². The molecule has 0 spiro atoms. The number of amides is 1. The summed E-state index contributed by atoms with van der Waals surface area (Å²) in [7, 11) is 0. The van der Waals surface area contributed by atoms with E-state index in [0.717, 1.165) is 70.4 Å². The molecule has 3 aromatic heterocycles. The molecule has 0 N–H and O–H groups in total. The van der Waals surface area contributed by atoms with Crippen LogP contribution in [0.1, 0.15) is 70.6 Å². The van der Waals surface area contributed by atoms with Crippen LogP contribution in [0.3, 0.4) is 0 Å². The summed E-state index contributed by atoms with van der Waals surface area (Å²) in [6, 6.07) is 8.47. The standard InChI is InChI=1S/C26H29FN6OS/c1-17-21-14-22(35-26(21)33(30-17)15-18-8-10-20(27)11-9-18)25(34)31-12-5-6-19(16-31)24-29-28-23-7-3-2-4-13-32(23)24/h8-11,14,19H,2-7,12-13,15-16H2,1H3. The van der Waals surface area contributed by atoms with Gasteiger partial charge < -0.3 is 9.47 Å². The monoisotopic (exact) mass is 492 g/mol. The van der Waals surface area contributed by atoms with Crippen LogP contribution in [0.4, 0.5) is 4.39 Å². The van der Waals surface area contributed by atoms with Crippen LogP contribution in [-0.4, -0.2) is 48.4 Å². The van der Waals surface area contributed by atoms with Gasteiger partial charge in [0, 0.05) is 37.4 Å². The minimum atomic E-state index is -0.249. The molecule has 182 valence electrons. The molecular weight excluding hydrogens is 463 g/mol. The molecule has 1 saturated heterocycles. The second-order valence-corrected chi connectivity index (χ2v) is 10.8. The molecule has 9 heteroatoms. The summed E-state index contributed by atoms with van der Waals surface area (Å²) in [6.07, 6.45) is 6.60. The van der Waals surface area contributed by atoms with E-state index in [4.69, 9.17) is 0 Å². The Labute approximate surface area is 207 Å². The molecule has 6 rings (SSSR count). The van der Waals surface area contributed by atoms with E-state index in [9.17, 15) is 9.18 Å². The fourth-order valence-corrected chi connectivity index (χ4v) is 6.55. The molecule has 4 aromatic rings. The lowest BCUT2D eigenvalue weighted by Crippen LogP contribution is -2.39. The van der Waals surface area contributed by atoms with Crippen LogP contribution in [0, 0.1) is 12.7 Å². The van der Waals surface area contributed by atoms with Crippen LogP contribution in [-0.2, 0) is 19.5 Å². The molecule has 2 aliphatic rings. The number of hydrogen-bond donors (Lipinski definition) is 0. The highest BCUT2D eigenvalue weighted by Gasteiger charge is 2.31. The van der Waals surface area contributed by atoms with Crippen molar-refractivity contribution in [2.24, 2.45) is 0 Å². The van der Waals surface area contributed by atoms with Crippen LogP contribution in [0.2, 0.25) is 0 Å². The van der Waals surface area contributed by atoms with E-state index >= 15 is 0 Å². The van der Waals surface area contributed by atoms with Gasteiger partial charge in [-0.15, -0.1) is 21.5 Å². The smallest absolute Gasteiger partial charge is 0.264 e. The molecule has 2 aliphatic heterocycles. The molecule has 1 unspecified atom stereocenters. The number of carbonyl (C=O) groups is 1. The molecule has 0 bridgehead atoms. The van der Waals surface area contributed by atoms with E-state index in [1.54, 1.807) is 12.1 Å². The third-order valence-electron chi connectivity index (χ3n) is 7.28. The molecule has 7 nitrogen and oxygen atoms in total. The Morgan fingerprint density at radius 3 is 2.83 bits per heavy atom. The number of nitrogens with zero attached hydrogens (tertiary/aromatic N) is 6. The van der Waals surface area contributed by atoms with Gasteiger partial charge in [-0.3, -0.25) is 9.48 Å². The van der Waals surface area contributed by atoms with E-state index in [1.807, 2.05) is 22.6 Å². The van der Waals surface area contributed by atoms with Gasteiger partial charge in [0.15, 0.2) is 0 Å². The fraction of sp³-hybridized carbons (Fsp3) is 0.462. The summed E-state index contributed by atoms with van der Waals surface area (Å²) in [4.78, 5) is 17.3. The van der Waals surface area contributed by atoms with Crippen molar-refractivity contribution in [3.05, 3.63) is 63.9 Å². The van der Waals surface area contributed by atoms with Gasteiger partial charge in [-0.25, -0.2) is 4.39 Å². The first-order valence-electron chi connectivity index (χ1n) is 12.5. The van der Waals surface area contributed by atoms with Crippen molar-refractivity contribution in [3.63, 3.8) is 0 Å². The zero-order valence-electron chi connectivity index (χ0n) is 19.9. The van der Waals surface area contributed by atoms with E-state index in [-0.39, 0.29) is 17.6 Å². The Bertz CT molecular complexity index is 1370. The van der Waals surface area contributed by atoms with Gasteiger partial charge in [0.05, 0.1) is 17.1 Å². The Morgan fingerprint density at radius 2 is 1.97 bits per heavy atom. The van der Waals surface area contributed by atoms with Crippen molar-refractivity contribution >= 4 is 27.5 Å². The first kappa shape index (κ1) is 22.4. The molecule has 1 atom stereocenters. The molecule has 0 saturated carbocycles. The van der Waals surface area contributed by atoms with Gasteiger partial charge in [0.25, 0.3) is 5.91 Å². The van der Waals surface area contributed by atoms with Crippen molar-refractivity contribution in [1.29, 1.82) is 0 Å². The second-order valence-electron chi connectivity index (χ2n) is 9.73. The van der Waals surface area contributed by atoms with Gasteiger partial charge in [0.1, 0.15) is 22.3 Å². The average molecular weight is 493 g/mol. The first-order valence-corrected chi connectivity index (χ1v) is 13.3. The number of aromatic nitrogens is 5. The van der Waals surface area contributed by atoms with Crippen LogP contribution in [0.15, 0.2) is 30.3 Å².